The van der Waals surface area contributed by atoms with E-state index in [-0.39, 0.29) is 17.0 Å². The number of amides is 1. The van der Waals surface area contributed by atoms with Crippen LogP contribution in [0.5, 0.6) is 0 Å². The number of carboxylic acids is 1. The van der Waals surface area contributed by atoms with Crippen molar-refractivity contribution < 1.29 is 23.1 Å². The normalized spacial score (nSPS) is 18.2. The molecule has 2 rings (SSSR count). The van der Waals surface area contributed by atoms with Crippen molar-refractivity contribution >= 4 is 33.1 Å². The van der Waals surface area contributed by atoms with E-state index in [1.165, 1.54) is 12.1 Å². The van der Waals surface area contributed by atoms with E-state index >= 15 is 0 Å². The Morgan fingerprint density at radius 3 is 2.68 bits per heavy atom. The lowest BCUT2D eigenvalue weighted by molar-refractivity contribution is -0.138. The van der Waals surface area contributed by atoms with E-state index in [0.717, 1.165) is 6.26 Å². The second kappa shape index (κ2) is 4.54. The monoisotopic (exact) mass is 284 g/mol. The van der Waals surface area contributed by atoms with Crippen molar-refractivity contribution in [3.8, 4) is 0 Å². The van der Waals surface area contributed by atoms with Gasteiger partial charge in [0.15, 0.2) is 9.84 Å². The summed E-state index contributed by atoms with van der Waals surface area (Å²) in [6.45, 7) is 0. The van der Waals surface area contributed by atoms with Crippen molar-refractivity contribution in [2.75, 3.05) is 16.9 Å². The summed E-state index contributed by atoms with van der Waals surface area (Å²) in [5, 5.41) is 13.9. The van der Waals surface area contributed by atoms with E-state index < -0.39 is 27.8 Å². The zero-order valence-corrected chi connectivity index (χ0v) is 10.8. The summed E-state index contributed by atoms with van der Waals surface area (Å²) in [6.07, 6.45) is 0.659. The van der Waals surface area contributed by atoms with Crippen molar-refractivity contribution in [2.24, 2.45) is 0 Å². The second-order valence-corrected chi connectivity index (χ2v) is 6.22. The highest BCUT2D eigenvalue weighted by Crippen LogP contribution is 2.33. The predicted octanol–water partition coefficient (Wildman–Crippen LogP) is 0.297. The molecular weight excluding hydrogens is 272 g/mol. The summed E-state index contributed by atoms with van der Waals surface area (Å²) < 4.78 is 23.2. The maximum absolute atomic E-state index is 11.7. The Morgan fingerprint density at radius 2 is 2.11 bits per heavy atom. The van der Waals surface area contributed by atoms with Crippen LogP contribution in [-0.2, 0) is 19.4 Å². The van der Waals surface area contributed by atoms with Crippen molar-refractivity contribution in [2.45, 2.75) is 17.4 Å². The third-order valence-corrected chi connectivity index (χ3v) is 3.84. The summed E-state index contributed by atoms with van der Waals surface area (Å²) in [5.41, 5.74) is 0.561. The Hall–Kier alpha value is -2.09. The van der Waals surface area contributed by atoms with Gasteiger partial charge in [0.25, 0.3) is 0 Å². The van der Waals surface area contributed by atoms with Crippen molar-refractivity contribution in [3.63, 3.8) is 0 Å². The fraction of sp³-hybridized carbons (Fsp3) is 0.273. The molecule has 3 N–H and O–H groups in total. The highest BCUT2D eigenvalue weighted by molar-refractivity contribution is 7.90. The second-order valence-electron chi connectivity index (χ2n) is 4.23. The molecule has 19 heavy (non-hydrogen) atoms. The topological polar surface area (TPSA) is 113 Å². The number of hydrogen-bond donors (Lipinski definition) is 3. The van der Waals surface area contributed by atoms with Gasteiger partial charge in [0, 0.05) is 6.26 Å². The van der Waals surface area contributed by atoms with Gasteiger partial charge in [-0.1, -0.05) is 6.07 Å². The molecule has 1 aromatic rings. The fourth-order valence-electron chi connectivity index (χ4n) is 1.87. The van der Waals surface area contributed by atoms with Gasteiger partial charge < -0.3 is 15.7 Å². The highest BCUT2D eigenvalue weighted by Gasteiger charge is 2.30. The van der Waals surface area contributed by atoms with E-state index in [0.29, 0.717) is 5.69 Å². The average molecular weight is 284 g/mol. The molecule has 0 fully saturated rings. The van der Waals surface area contributed by atoms with Crippen molar-refractivity contribution in [1.82, 2.24) is 0 Å². The molecule has 1 amide bonds. The van der Waals surface area contributed by atoms with Crippen LogP contribution in [0.1, 0.15) is 6.42 Å². The first-order chi connectivity index (χ1) is 8.79. The van der Waals surface area contributed by atoms with E-state index in [9.17, 15) is 18.0 Å². The Labute approximate surface area is 109 Å². The number of carbonyl (C=O) groups is 2. The van der Waals surface area contributed by atoms with Gasteiger partial charge in [-0.25, -0.2) is 8.42 Å². The standard InChI is InChI=1S/C11H12N2O5S/c1-19(17,18)8-4-2-3-6-10(8)13-11(16)7(12-6)5-9(14)15/h2-4,7,12H,5H2,1H3,(H,13,16)(H,14,15). The molecule has 0 radical (unpaired) electrons. The molecule has 1 unspecified atom stereocenters. The van der Waals surface area contributed by atoms with Crippen LogP contribution >= 0.6 is 0 Å². The van der Waals surface area contributed by atoms with E-state index in [4.69, 9.17) is 5.11 Å². The minimum atomic E-state index is -3.48. The Morgan fingerprint density at radius 1 is 1.42 bits per heavy atom. The van der Waals surface area contributed by atoms with Gasteiger partial charge in [-0.15, -0.1) is 0 Å². The zero-order valence-electron chi connectivity index (χ0n) is 10.0. The van der Waals surface area contributed by atoms with Gasteiger partial charge in [-0.05, 0) is 12.1 Å². The molecule has 8 heteroatoms. The molecule has 0 aromatic heterocycles. The molecule has 0 saturated carbocycles. The van der Waals surface area contributed by atoms with E-state index in [1.54, 1.807) is 6.07 Å². The third kappa shape index (κ3) is 2.68. The number of carbonyl (C=O) groups excluding carboxylic acids is 1. The number of aliphatic carboxylic acids is 1. The largest absolute Gasteiger partial charge is 0.481 e. The van der Waals surface area contributed by atoms with E-state index in [2.05, 4.69) is 10.6 Å². The lowest BCUT2D eigenvalue weighted by Crippen LogP contribution is -2.40. The van der Waals surface area contributed by atoms with Crippen LogP contribution in [0.2, 0.25) is 0 Å². The van der Waals surface area contributed by atoms with Gasteiger partial charge in [-0.3, -0.25) is 9.59 Å². The molecule has 1 aromatic carbocycles. The predicted molar refractivity (Wildman–Crippen MR) is 67.8 cm³/mol. The van der Waals surface area contributed by atoms with Crippen LogP contribution < -0.4 is 10.6 Å². The molecule has 0 bridgehead atoms. The van der Waals surface area contributed by atoms with Crippen LogP contribution in [0.15, 0.2) is 23.1 Å². The number of para-hydroxylation sites is 1. The lowest BCUT2D eigenvalue weighted by Gasteiger charge is -2.27. The van der Waals surface area contributed by atoms with Gasteiger partial charge in [0.2, 0.25) is 5.91 Å². The number of carboxylic acid groups (broad SMARTS) is 1. The smallest absolute Gasteiger partial charge is 0.305 e. The van der Waals surface area contributed by atoms with Crippen LogP contribution in [-0.4, -0.2) is 37.7 Å². The van der Waals surface area contributed by atoms with Crippen molar-refractivity contribution in [3.05, 3.63) is 18.2 Å². The number of sulfone groups is 1. The van der Waals surface area contributed by atoms with Crippen LogP contribution in [0.25, 0.3) is 0 Å². The molecule has 102 valence electrons. The van der Waals surface area contributed by atoms with Crippen LogP contribution in [0, 0.1) is 0 Å². The average Bonchev–Trinajstić information content (AvgIpc) is 2.27. The van der Waals surface area contributed by atoms with E-state index in [1.807, 2.05) is 0 Å². The number of nitrogens with one attached hydrogen (secondary N) is 2. The van der Waals surface area contributed by atoms with Gasteiger partial charge >= 0.3 is 5.97 Å². The first-order valence-electron chi connectivity index (χ1n) is 5.41. The third-order valence-electron chi connectivity index (χ3n) is 2.70. The molecule has 1 atom stereocenters. The Bertz CT molecular complexity index is 653. The number of fused-ring (bicyclic) bond motifs is 1. The van der Waals surface area contributed by atoms with Crippen molar-refractivity contribution in [1.29, 1.82) is 0 Å². The van der Waals surface area contributed by atoms with Crippen LogP contribution in [0.3, 0.4) is 0 Å². The minimum Gasteiger partial charge on any atom is -0.481 e. The molecule has 1 heterocycles. The maximum Gasteiger partial charge on any atom is 0.305 e. The first kappa shape index (κ1) is 13.3. The summed E-state index contributed by atoms with van der Waals surface area (Å²) in [7, 11) is -3.48. The molecule has 0 aliphatic carbocycles. The lowest BCUT2D eigenvalue weighted by atomic mass is 10.1. The molecular formula is C11H12N2O5S. The highest BCUT2D eigenvalue weighted by atomic mass is 32.2. The zero-order chi connectivity index (χ0) is 14.2. The fourth-order valence-corrected chi connectivity index (χ4v) is 2.73. The quantitative estimate of drug-likeness (QED) is 0.735. The molecule has 0 spiro atoms. The number of anilines is 2. The van der Waals surface area contributed by atoms with Gasteiger partial charge in [0.1, 0.15) is 6.04 Å². The molecule has 1 aliphatic heterocycles. The van der Waals surface area contributed by atoms with Gasteiger partial charge in [-0.2, -0.15) is 0 Å². The number of hydrogen-bond acceptors (Lipinski definition) is 5. The number of benzene rings is 1. The Kier molecular flexibility index (Phi) is 3.19. The number of rotatable bonds is 3. The summed E-state index contributed by atoms with van der Waals surface area (Å²) in [6, 6.07) is 3.57. The SMILES string of the molecule is CS(=O)(=O)c1cccc2c1NC(=O)C(CC(=O)O)N2. The minimum absolute atomic E-state index is 0.000347. The summed E-state index contributed by atoms with van der Waals surface area (Å²) >= 11 is 0. The molecule has 7 nitrogen and oxygen atoms in total. The first-order valence-corrected chi connectivity index (χ1v) is 7.30. The summed E-state index contributed by atoms with van der Waals surface area (Å²) in [5.74, 6) is -1.68. The molecule has 1 aliphatic rings. The van der Waals surface area contributed by atoms with Gasteiger partial charge in [0.05, 0.1) is 22.7 Å². The maximum atomic E-state index is 11.7. The Balaban J connectivity index is 2.44. The van der Waals surface area contributed by atoms with Crippen LogP contribution in [0.4, 0.5) is 11.4 Å². The molecule has 0 saturated heterocycles. The summed E-state index contributed by atoms with van der Waals surface area (Å²) in [4.78, 5) is 22.4.